The third-order valence-electron chi connectivity index (χ3n) is 3.67. The van der Waals surface area contributed by atoms with Crippen molar-refractivity contribution >= 4 is 36.5 Å². The first-order chi connectivity index (χ1) is 10.6. The van der Waals surface area contributed by atoms with Gasteiger partial charge < -0.3 is 20.7 Å². The van der Waals surface area contributed by atoms with Crippen LogP contribution >= 0.6 is 24.8 Å². The van der Waals surface area contributed by atoms with Gasteiger partial charge in [0, 0.05) is 25.8 Å². The molecule has 1 aromatic heterocycles. The topological polar surface area (TPSA) is 80.5 Å². The summed E-state index contributed by atoms with van der Waals surface area (Å²) in [4.78, 5) is 18.6. The molecule has 0 bridgehead atoms. The minimum Gasteiger partial charge on any atom is -0.378 e. The molecule has 0 unspecified atom stereocenters. The molecular formula is C16H28Cl2N4O2. The van der Waals surface area contributed by atoms with E-state index >= 15 is 0 Å². The Morgan fingerprint density at radius 2 is 2.04 bits per heavy atom. The van der Waals surface area contributed by atoms with E-state index in [2.05, 4.69) is 29.0 Å². The van der Waals surface area contributed by atoms with Gasteiger partial charge in [-0.05, 0) is 30.0 Å². The van der Waals surface area contributed by atoms with Crippen LogP contribution in [0.4, 0.5) is 5.82 Å². The van der Waals surface area contributed by atoms with Crippen molar-refractivity contribution in [3.8, 4) is 0 Å². The molecule has 0 radical (unpaired) electrons. The van der Waals surface area contributed by atoms with E-state index in [0.29, 0.717) is 18.9 Å². The van der Waals surface area contributed by atoms with E-state index in [1.807, 2.05) is 12.1 Å². The molecule has 6 nitrogen and oxygen atoms in total. The lowest BCUT2D eigenvalue weighted by Gasteiger charge is -2.28. The van der Waals surface area contributed by atoms with Gasteiger partial charge in [0.2, 0.25) is 5.91 Å². The van der Waals surface area contributed by atoms with Crippen LogP contribution in [0.5, 0.6) is 0 Å². The number of rotatable bonds is 6. The highest BCUT2D eigenvalue weighted by Gasteiger charge is 2.15. The maximum absolute atomic E-state index is 12.0. The number of aromatic nitrogens is 1. The lowest BCUT2D eigenvalue weighted by molar-refractivity contribution is -0.122. The van der Waals surface area contributed by atoms with E-state index in [0.717, 1.165) is 37.7 Å². The number of hydrogen-bond donors (Lipinski definition) is 2. The first-order valence-corrected chi connectivity index (χ1v) is 7.87. The molecule has 0 saturated carbocycles. The Labute approximate surface area is 156 Å². The van der Waals surface area contributed by atoms with Gasteiger partial charge in [-0.25, -0.2) is 4.98 Å². The zero-order chi connectivity index (χ0) is 15.9. The van der Waals surface area contributed by atoms with Crippen LogP contribution in [0.2, 0.25) is 0 Å². The number of nitrogens with two attached hydrogens (primary N) is 1. The standard InChI is InChI=1S/C16H26N4O2.2ClH/c1-12(2)9-14(17)16(21)19-11-13-3-4-18-15(10-13)20-5-7-22-8-6-20;;/h3-4,10,12,14H,5-9,11,17H2,1-2H3,(H,19,21);2*1H/t14-;;/m0../s1. The SMILES string of the molecule is CC(C)C[C@H](N)C(=O)NCc1ccnc(N2CCOCC2)c1.Cl.Cl. The normalized spacial score (nSPS) is 15.2. The van der Waals surface area contributed by atoms with Gasteiger partial charge in [0.25, 0.3) is 0 Å². The van der Waals surface area contributed by atoms with Crippen molar-refractivity contribution in [3.05, 3.63) is 23.9 Å². The Balaban J connectivity index is 0.00000264. The highest BCUT2D eigenvalue weighted by molar-refractivity contribution is 5.85. The van der Waals surface area contributed by atoms with E-state index in [1.165, 1.54) is 0 Å². The van der Waals surface area contributed by atoms with Gasteiger partial charge >= 0.3 is 0 Å². The van der Waals surface area contributed by atoms with Crippen molar-refractivity contribution in [1.82, 2.24) is 10.3 Å². The third-order valence-corrected chi connectivity index (χ3v) is 3.67. The maximum atomic E-state index is 12.0. The summed E-state index contributed by atoms with van der Waals surface area (Å²) in [6, 6.07) is 3.48. The number of nitrogens with one attached hydrogen (secondary N) is 1. The van der Waals surface area contributed by atoms with Gasteiger partial charge in [-0.1, -0.05) is 13.8 Å². The number of halogens is 2. The van der Waals surface area contributed by atoms with Gasteiger partial charge in [0.1, 0.15) is 5.82 Å². The van der Waals surface area contributed by atoms with Crippen molar-refractivity contribution in [1.29, 1.82) is 0 Å². The number of ether oxygens (including phenoxy) is 1. The molecule has 138 valence electrons. The first kappa shape index (κ1) is 22.9. The molecule has 3 N–H and O–H groups in total. The predicted octanol–water partition coefficient (Wildman–Crippen LogP) is 1.75. The molecule has 1 amide bonds. The van der Waals surface area contributed by atoms with Gasteiger partial charge in [0.15, 0.2) is 0 Å². The van der Waals surface area contributed by atoms with Crippen LogP contribution in [0, 0.1) is 5.92 Å². The van der Waals surface area contributed by atoms with Crippen molar-refractivity contribution in [2.24, 2.45) is 11.7 Å². The number of carbonyl (C=O) groups excluding carboxylic acids is 1. The minimum absolute atomic E-state index is 0. The van der Waals surface area contributed by atoms with Gasteiger partial charge in [-0.2, -0.15) is 0 Å². The molecule has 1 fully saturated rings. The summed E-state index contributed by atoms with van der Waals surface area (Å²) in [5.41, 5.74) is 6.91. The van der Waals surface area contributed by atoms with Gasteiger partial charge in [-0.15, -0.1) is 24.8 Å². The summed E-state index contributed by atoms with van der Waals surface area (Å²) in [6.45, 7) is 7.75. The summed E-state index contributed by atoms with van der Waals surface area (Å²) in [7, 11) is 0. The lowest BCUT2D eigenvalue weighted by atomic mass is 10.0. The van der Waals surface area contributed by atoms with E-state index < -0.39 is 6.04 Å². The Kier molecular flexibility index (Phi) is 11.0. The summed E-state index contributed by atoms with van der Waals surface area (Å²) < 4.78 is 5.35. The van der Waals surface area contributed by atoms with E-state index in [-0.39, 0.29) is 30.7 Å². The average Bonchev–Trinajstić information content (AvgIpc) is 2.53. The molecular weight excluding hydrogens is 351 g/mol. The number of hydrogen-bond acceptors (Lipinski definition) is 5. The Morgan fingerprint density at radius 3 is 2.67 bits per heavy atom. The predicted molar refractivity (Wildman–Crippen MR) is 101 cm³/mol. The molecule has 8 heteroatoms. The second-order valence-corrected chi connectivity index (χ2v) is 6.08. The Bertz CT molecular complexity index is 497. The largest absolute Gasteiger partial charge is 0.378 e. The smallest absolute Gasteiger partial charge is 0.237 e. The molecule has 1 aromatic rings. The van der Waals surface area contributed by atoms with Gasteiger partial charge in [0.05, 0.1) is 19.3 Å². The van der Waals surface area contributed by atoms with E-state index in [1.54, 1.807) is 6.20 Å². The number of anilines is 1. The molecule has 1 aliphatic heterocycles. The highest BCUT2D eigenvalue weighted by Crippen LogP contribution is 2.14. The van der Waals surface area contributed by atoms with Crippen LogP contribution < -0.4 is 16.0 Å². The maximum Gasteiger partial charge on any atom is 0.237 e. The monoisotopic (exact) mass is 378 g/mol. The van der Waals surface area contributed by atoms with Crippen molar-refractivity contribution < 1.29 is 9.53 Å². The third kappa shape index (κ3) is 7.21. The molecule has 1 saturated heterocycles. The van der Waals surface area contributed by atoms with E-state index in [9.17, 15) is 4.79 Å². The summed E-state index contributed by atoms with van der Waals surface area (Å²) in [5, 5.41) is 2.90. The number of pyridine rings is 1. The molecule has 2 rings (SSSR count). The van der Waals surface area contributed by atoms with Crippen molar-refractivity contribution in [3.63, 3.8) is 0 Å². The van der Waals surface area contributed by atoms with Gasteiger partial charge in [-0.3, -0.25) is 4.79 Å². The van der Waals surface area contributed by atoms with Crippen LogP contribution in [0.15, 0.2) is 18.3 Å². The Hall–Kier alpha value is -1.08. The lowest BCUT2D eigenvalue weighted by Crippen LogP contribution is -2.41. The molecule has 2 heterocycles. The minimum atomic E-state index is -0.444. The molecule has 24 heavy (non-hydrogen) atoms. The van der Waals surface area contributed by atoms with Crippen LogP contribution in [-0.2, 0) is 16.1 Å². The zero-order valence-electron chi connectivity index (χ0n) is 14.2. The molecule has 1 atom stereocenters. The van der Waals surface area contributed by atoms with Crippen LogP contribution in [0.1, 0.15) is 25.8 Å². The fraction of sp³-hybridized carbons (Fsp3) is 0.625. The second-order valence-electron chi connectivity index (χ2n) is 6.08. The van der Waals surface area contributed by atoms with Crippen LogP contribution in [-0.4, -0.2) is 43.2 Å². The fourth-order valence-electron chi connectivity index (χ4n) is 2.47. The fourth-order valence-corrected chi connectivity index (χ4v) is 2.47. The average molecular weight is 379 g/mol. The quantitative estimate of drug-likeness (QED) is 0.787. The van der Waals surface area contributed by atoms with Crippen molar-refractivity contribution in [2.45, 2.75) is 32.9 Å². The number of carbonyl (C=O) groups is 1. The summed E-state index contributed by atoms with van der Waals surface area (Å²) >= 11 is 0. The summed E-state index contributed by atoms with van der Waals surface area (Å²) in [5.74, 6) is 1.24. The zero-order valence-corrected chi connectivity index (χ0v) is 15.9. The number of amides is 1. The molecule has 0 aliphatic carbocycles. The molecule has 0 aromatic carbocycles. The number of nitrogens with zero attached hydrogens (tertiary/aromatic N) is 2. The molecule has 1 aliphatic rings. The first-order valence-electron chi connectivity index (χ1n) is 7.87. The van der Waals surface area contributed by atoms with E-state index in [4.69, 9.17) is 10.5 Å². The molecule has 0 spiro atoms. The summed E-state index contributed by atoms with van der Waals surface area (Å²) in [6.07, 6.45) is 2.47. The second kappa shape index (κ2) is 11.5. The van der Waals surface area contributed by atoms with Crippen LogP contribution in [0.3, 0.4) is 0 Å². The number of morpholine rings is 1. The van der Waals surface area contributed by atoms with Crippen molar-refractivity contribution in [2.75, 3.05) is 31.2 Å². The Morgan fingerprint density at radius 1 is 1.38 bits per heavy atom. The van der Waals surface area contributed by atoms with Crippen LogP contribution in [0.25, 0.3) is 0 Å². The highest BCUT2D eigenvalue weighted by atomic mass is 35.5.